The summed E-state index contributed by atoms with van der Waals surface area (Å²) < 4.78 is 29.8. The molecule has 0 bridgehead atoms. The van der Waals surface area contributed by atoms with E-state index >= 15 is 0 Å². The molecule has 208 valence electrons. The average Bonchev–Trinajstić information content (AvgIpc) is 3.40. The highest BCUT2D eigenvalue weighted by atomic mass is 19.2. The number of hydrogen-bond acceptors (Lipinski definition) is 2. The lowest BCUT2D eigenvalue weighted by Gasteiger charge is -2.17. The van der Waals surface area contributed by atoms with Crippen molar-refractivity contribution in [1.82, 2.24) is 9.88 Å². The highest BCUT2D eigenvalue weighted by Crippen LogP contribution is 2.31. The highest BCUT2D eigenvalue weighted by Gasteiger charge is 2.20. The Morgan fingerprint density at radius 3 is 2.29 bits per heavy atom. The van der Waals surface area contributed by atoms with Gasteiger partial charge in [0.05, 0.1) is 22.7 Å². The van der Waals surface area contributed by atoms with Crippen LogP contribution in [-0.4, -0.2) is 21.6 Å². The molecule has 0 saturated heterocycles. The molecule has 0 aliphatic heterocycles. The average molecular weight is 561 g/mol. The largest absolute Gasteiger partial charge is 0.478 e. The van der Waals surface area contributed by atoms with Crippen molar-refractivity contribution in [2.75, 3.05) is 0 Å². The summed E-state index contributed by atoms with van der Waals surface area (Å²) in [5, 5.41) is 15.3. The molecule has 0 fully saturated rings. The number of nitrogens with one attached hydrogen (secondary N) is 1. The third kappa shape index (κ3) is 5.24. The van der Waals surface area contributed by atoms with Crippen molar-refractivity contribution in [3.63, 3.8) is 0 Å². The second-order valence-electron chi connectivity index (χ2n) is 10.3. The van der Waals surface area contributed by atoms with E-state index in [0.29, 0.717) is 28.8 Å². The van der Waals surface area contributed by atoms with E-state index in [9.17, 15) is 23.5 Å². The van der Waals surface area contributed by atoms with Crippen molar-refractivity contribution in [3.05, 3.63) is 143 Å². The van der Waals surface area contributed by atoms with E-state index in [1.165, 1.54) is 18.2 Å². The minimum Gasteiger partial charge on any atom is -0.478 e. The number of rotatable bonds is 7. The molecule has 1 atom stereocenters. The summed E-state index contributed by atoms with van der Waals surface area (Å²) in [5.74, 6) is -3.28. The summed E-state index contributed by atoms with van der Waals surface area (Å²) in [5.41, 5.74) is 4.08. The van der Waals surface area contributed by atoms with Gasteiger partial charge >= 0.3 is 5.97 Å². The standard InChI is InChI=1S/C35H26F2N2O3/c1-21(23-8-10-25(11-9-23)35(41)42)38-34(40)30-18-29(27-12-13-31(36)32(37)19-27)17-28-14-15-39(33(28)30)20-22-6-7-24-4-2-3-5-26(24)16-22/h2-19,21H,20H2,1H3,(H,38,40)(H,41,42)/t21-/m0/s1. The molecule has 6 aromatic rings. The number of aromatic nitrogens is 1. The maximum atomic E-state index is 14.1. The summed E-state index contributed by atoms with van der Waals surface area (Å²) in [6, 6.07) is 29.4. The fourth-order valence-corrected chi connectivity index (χ4v) is 5.30. The zero-order valence-electron chi connectivity index (χ0n) is 22.6. The molecule has 5 nitrogen and oxygen atoms in total. The van der Waals surface area contributed by atoms with Crippen molar-refractivity contribution in [3.8, 4) is 11.1 Å². The van der Waals surface area contributed by atoms with Gasteiger partial charge in [-0.05, 0) is 88.5 Å². The van der Waals surface area contributed by atoms with Crippen molar-refractivity contribution >= 4 is 33.6 Å². The fraction of sp³-hybridized carbons (Fsp3) is 0.0857. The second-order valence-corrected chi connectivity index (χ2v) is 10.3. The Kier molecular flexibility index (Phi) is 7.00. The lowest BCUT2D eigenvalue weighted by Crippen LogP contribution is -2.27. The van der Waals surface area contributed by atoms with Crippen LogP contribution in [0.4, 0.5) is 8.78 Å². The minimum atomic E-state index is -1.03. The SMILES string of the molecule is C[C@H](NC(=O)c1cc(-c2ccc(F)c(F)c2)cc2ccn(Cc3ccc4ccccc4c3)c12)c1ccc(C(=O)O)cc1. The van der Waals surface area contributed by atoms with Crippen molar-refractivity contribution in [1.29, 1.82) is 0 Å². The molecular weight excluding hydrogens is 534 g/mol. The summed E-state index contributed by atoms with van der Waals surface area (Å²) in [6.07, 6.45) is 1.92. The first-order valence-corrected chi connectivity index (χ1v) is 13.5. The van der Waals surface area contributed by atoms with Crippen molar-refractivity contribution in [2.24, 2.45) is 0 Å². The maximum Gasteiger partial charge on any atom is 0.335 e. The number of fused-ring (bicyclic) bond motifs is 2. The molecule has 0 aliphatic carbocycles. The third-order valence-electron chi connectivity index (χ3n) is 7.53. The van der Waals surface area contributed by atoms with Gasteiger partial charge in [-0.15, -0.1) is 0 Å². The maximum absolute atomic E-state index is 14.1. The Hall–Kier alpha value is -5.30. The second kappa shape index (κ2) is 10.9. The zero-order valence-corrected chi connectivity index (χ0v) is 22.6. The lowest BCUT2D eigenvalue weighted by atomic mass is 9.99. The first-order valence-electron chi connectivity index (χ1n) is 13.5. The molecule has 0 radical (unpaired) electrons. The van der Waals surface area contributed by atoms with Gasteiger partial charge in [0.1, 0.15) is 0 Å². The van der Waals surface area contributed by atoms with Gasteiger partial charge < -0.3 is 15.0 Å². The number of benzene rings is 5. The third-order valence-corrected chi connectivity index (χ3v) is 7.53. The van der Waals surface area contributed by atoms with Gasteiger partial charge in [0.25, 0.3) is 5.91 Å². The van der Waals surface area contributed by atoms with Crippen LogP contribution in [-0.2, 0) is 6.54 Å². The predicted molar refractivity (Wildman–Crippen MR) is 160 cm³/mol. The number of halogens is 2. The van der Waals surface area contributed by atoms with E-state index in [2.05, 4.69) is 35.6 Å². The van der Waals surface area contributed by atoms with Gasteiger partial charge in [-0.1, -0.05) is 54.6 Å². The van der Waals surface area contributed by atoms with Gasteiger partial charge in [0.15, 0.2) is 11.6 Å². The normalized spacial score (nSPS) is 12.0. The van der Waals surface area contributed by atoms with Gasteiger partial charge in [0, 0.05) is 18.1 Å². The van der Waals surface area contributed by atoms with Crippen LogP contribution in [0.5, 0.6) is 0 Å². The van der Waals surface area contributed by atoms with Crippen LogP contribution in [0.1, 0.15) is 44.8 Å². The molecule has 0 aliphatic rings. The highest BCUT2D eigenvalue weighted by molar-refractivity contribution is 6.08. The van der Waals surface area contributed by atoms with Crippen LogP contribution < -0.4 is 5.32 Å². The number of carboxylic acids is 1. The van der Waals surface area contributed by atoms with E-state index in [1.54, 1.807) is 18.2 Å². The van der Waals surface area contributed by atoms with Crippen molar-refractivity contribution in [2.45, 2.75) is 19.5 Å². The number of carboxylic acid groups (broad SMARTS) is 1. The van der Waals surface area contributed by atoms with Crippen LogP contribution in [0.2, 0.25) is 0 Å². The lowest BCUT2D eigenvalue weighted by molar-refractivity contribution is 0.0696. The Labute approximate surface area is 240 Å². The van der Waals surface area contributed by atoms with Gasteiger partial charge in [-0.2, -0.15) is 0 Å². The van der Waals surface area contributed by atoms with E-state index in [4.69, 9.17) is 0 Å². The summed E-state index contributed by atoms with van der Waals surface area (Å²) >= 11 is 0. The molecule has 1 amide bonds. The predicted octanol–water partition coefficient (Wildman–Crippen LogP) is 7.98. The Bertz CT molecular complexity index is 1980. The monoisotopic (exact) mass is 560 g/mol. The number of carbonyl (C=O) groups is 2. The Morgan fingerprint density at radius 2 is 1.55 bits per heavy atom. The summed E-state index contributed by atoms with van der Waals surface area (Å²) in [6.45, 7) is 2.34. The van der Waals surface area contributed by atoms with Gasteiger partial charge in [-0.25, -0.2) is 13.6 Å². The first-order chi connectivity index (χ1) is 20.3. The minimum absolute atomic E-state index is 0.157. The Balaban J connectivity index is 1.41. The number of aromatic carboxylic acids is 1. The van der Waals surface area contributed by atoms with Crippen molar-refractivity contribution < 1.29 is 23.5 Å². The molecule has 2 N–H and O–H groups in total. The smallest absolute Gasteiger partial charge is 0.335 e. The van der Waals surface area contributed by atoms with Gasteiger partial charge in [0.2, 0.25) is 0 Å². The fourth-order valence-electron chi connectivity index (χ4n) is 5.30. The van der Waals surface area contributed by atoms with E-state index in [0.717, 1.165) is 39.4 Å². The van der Waals surface area contributed by atoms with Crippen LogP contribution in [0.25, 0.3) is 32.8 Å². The Morgan fingerprint density at radius 1 is 0.786 bits per heavy atom. The van der Waals surface area contributed by atoms with Crippen LogP contribution in [0, 0.1) is 11.6 Å². The molecule has 7 heteroatoms. The van der Waals surface area contributed by atoms with E-state index in [-0.39, 0.29) is 11.5 Å². The number of amides is 1. The number of nitrogens with zero attached hydrogens (tertiary/aromatic N) is 1. The van der Waals surface area contributed by atoms with Crippen LogP contribution in [0.3, 0.4) is 0 Å². The molecule has 1 heterocycles. The topological polar surface area (TPSA) is 71.3 Å². The number of hydrogen-bond donors (Lipinski definition) is 2. The quantitative estimate of drug-likeness (QED) is 0.208. The molecule has 0 spiro atoms. The van der Waals surface area contributed by atoms with E-state index < -0.39 is 23.6 Å². The van der Waals surface area contributed by atoms with Gasteiger partial charge in [-0.3, -0.25) is 4.79 Å². The summed E-state index contributed by atoms with van der Waals surface area (Å²) in [7, 11) is 0. The molecule has 0 saturated carbocycles. The van der Waals surface area contributed by atoms with Crippen LogP contribution in [0.15, 0.2) is 109 Å². The van der Waals surface area contributed by atoms with E-state index in [1.807, 2.05) is 42.0 Å². The molecule has 6 rings (SSSR count). The number of carbonyl (C=O) groups excluding carboxylic acids is 1. The van der Waals surface area contributed by atoms with Crippen LogP contribution >= 0.6 is 0 Å². The zero-order chi connectivity index (χ0) is 29.4. The molecule has 1 aromatic heterocycles. The molecule has 0 unspecified atom stereocenters. The summed E-state index contributed by atoms with van der Waals surface area (Å²) in [4.78, 5) is 25.1. The molecule has 5 aromatic carbocycles. The first kappa shape index (κ1) is 26.9. The molecular formula is C35H26F2N2O3. The molecule has 42 heavy (non-hydrogen) atoms.